The number of nitrogens with zero attached hydrogens (tertiary/aromatic N) is 1. The Morgan fingerprint density at radius 2 is 1.65 bits per heavy atom. The van der Waals surface area contributed by atoms with Crippen molar-refractivity contribution in [2.75, 3.05) is 0 Å². The number of hydrogen-bond acceptors (Lipinski definition) is 4. The first-order valence-corrected chi connectivity index (χ1v) is 12.9. The Morgan fingerprint density at radius 1 is 1.03 bits per heavy atom. The summed E-state index contributed by atoms with van der Waals surface area (Å²) in [5.41, 5.74) is 0.722. The lowest BCUT2D eigenvalue weighted by Gasteiger charge is -2.38. The smallest absolute Gasteiger partial charge is 0.314 e. The quantitative estimate of drug-likeness (QED) is 0.128. The predicted octanol–water partition coefficient (Wildman–Crippen LogP) is 8.16. The van der Waals surface area contributed by atoms with E-state index in [-0.39, 0.29) is 11.9 Å². The van der Waals surface area contributed by atoms with Crippen LogP contribution >= 0.6 is 12.2 Å². The van der Waals surface area contributed by atoms with E-state index in [1.807, 2.05) is 0 Å². The number of carbonyl (C=O) groups excluding carboxylic acids is 1. The first-order valence-electron chi connectivity index (χ1n) is 12.5. The first kappa shape index (κ1) is 24.1. The summed E-state index contributed by atoms with van der Waals surface area (Å²) < 4.78 is 5.62. The third-order valence-electron chi connectivity index (χ3n) is 7.93. The predicted molar refractivity (Wildman–Crippen MR) is 131 cm³/mol. The Hall–Kier alpha value is -1.51. The molecule has 0 aliphatic heterocycles. The fourth-order valence-corrected chi connectivity index (χ4v) is 5.90. The minimum Gasteiger partial charge on any atom is -0.426 e. The van der Waals surface area contributed by atoms with Crippen molar-refractivity contribution in [3.8, 4) is 5.75 Å². The average Bonchev–Trinajstić information content (AvgIpc) is 2.81. The number of hydrogen-bond donors (Lipinski definition) is 0. The Labute approximate surface area is 194 Å². The van der Waals surface area contributed by atoms with Crippen LogP contribution in [0.1, 0.15) is 90.9 Å². The molecule has 2 fully saturated rings. The van der Waals surface area contributed by atoms with Crippen LogP contribution in [0.4, 0.5) is 5.69 Å². The molecule has 0 aromatic heterocycles. The van der Waals surface area contributed by atoms with Crippen LogP contribution < -0.4 is 4.74 Å². The highest BCUT2D eigenvalue weighted by Gasteiger charge is 2.34. The van der Waals surface area contributed by atoms with Crippen molar-refractivity contribution in [2.24, 2.45) is 34.6 Å². The summed E-state index contributed by atoms with van der Waals surface area (Å²) in [6.07, 6.45) is 15.6. The summed E-state index contributed by atoms with van der Waals surface area (Å²) in [5.74, 6) is 3.99. The van der Waals surface area contributed by atoms with Gasteiger partial charge in [0.05, 0.1) is 16.8 Å². The Bertz CT molecular complexity index is 724. The summed E-state index contributed by atoms with van der Waals surface area (Å²) in [6.45, 7) is 4.78. The highest BCUT2D eigenvalue weighted by molar-refractivity contribution is 7.78. The normalized spacial score (nSPS) is 27.2. The second-order valence-electron chi connectivity index (χ2n) is 9.87. The van der Waals surface area contributed by atoms with Gasteiger partial charge >= 0.3 is 5.97 Å². The Morgan fingerprint density at radius 3 is 2.23 bits per heavy atom. The Balaban J connectivity index is 1.39. The molecular weight excluding hydrogens is 402 g/mol. The molecule has 2 saturated carbocycles. The standard InChI is InChI=1S/C27H39NO2S/c1-3-4-5-6-21-7-9-22(10-8-21)20(2)23-11-13-24(14-12-23)27(29)30-26-17-15-25(16-18-26)28-19-31/h15-18,20-24H,3-14H2,1-2H3. The maximum Gasteiger partial charge on any atom is 0.314 e. The molecular formula is C27H39NO2S. The summed E-state index contributed by atoms with van der Waals surface area (Å²) in [4.78, 5) is 16.6. The molecule has 0 heterocycles. The zero-order valence-electron chi connectivity index (χ0n) is 19.4. The van der Waals surface area contributed by atoms with Crippen molar-refractivity contribution < 1.29 is 9.53 Å². The molecule has 3 nitrogen and oxygen atoms in total. The molecule has 2 aliphatic carbocycles. The molecule has 4 heteroatoms. The van der Waals surface area contributed by atoms with E-state index in [0.717, 1.165) is 42.2 Å². The van der Waals surface area contributed by atoms with Crippen LogP contribution in [0.5, 0.6) is 5.75 Å². The monoisotopic (exact) mass is 441 g/mol. The van der Waals surface area contributed by atoms with Crippen molar-refractivity contribution >= 4 is 29.0 Å². The van der Waals surface area contributed by atoms with Crippen molar-refractivity contribution in [3.05, 3.63) is 24.3 Å². The second-order valence-corrected chi connectivity index (χ2v) is 10.0. The highest BCUT2D eigenvalue weighted by atomic mass is 32.1. The summed E-state index contributed by atoms with van der Waals surface area (Å²) in [5, 5.41) is 2.35. The van der Waals surface area contributed by atoms with Crippen LogP contribution in [0.3, 0.4) is 0 Å². The van der Waals surface area contributed by atoms with Gasteiger partial charge in [0.1, 0.15) is 5.75 Å². The van der Waals surface area contributed by atoms with Gasteiger partial charge in [-0.25, -0.2) is 0 Å². The lowest BCUT2D eigenvalue weighted by atomic mass is 9.67. The van der Waals surface area contributed by atoms with E-state index in [2.05, 4.69) is 36.2 Å². The molecule has 0 radical (unpaired) electrons. The van der Waals surface area contributed by atoms with E-state index in [9.17, 15) is 4.79 Å². The lowest BCUT2D eigenvalue weighted by Crippen LogP contribution is -2.31. The number of benzene rings is 1. The molecule has 0 saturated heterocycles. The van der Waals surface area contributed by atoms with Crippen molar-refractivity contribution in [1.82, 2.24) is 0 Å². The second kappa shape index (κ2) is 12.5. The molecule has 31 heavy (non-hydrogen) atoms. The number of isothiocyanates is 1. The van der Waals surface area contributed by atoms with Crippen LogP contribution in [-0.2, 0) is 4.79 Å². The fourth-order valence-electron chi connectivity index (χ4n) is 5.79. The maximum absolute atomic E-state index is 12.6. The van der Waals surface area contributed by atoms with Gasteiger partial charge in [-0.2, -0.15) is 4.99 Å². The molecule has 2 aliphatic rings. The average molecular weight is 442 g/mol. The molecule has 0 N–H and O–H groups in total. The molecule has 1 aromatic rings. The SMILES string of the molecule is CCCCCC1CCC(C(C)C2CCC(C(=O)Oc3ccc(N=C=S)cc3)CC2)CC1. The number of aliphatic imine (C=N–C) groups is 1. The molecule has 0 spiro atoms. The van der Waals surface area contributed by atoms with E-state index in [0.29, 0.717) is 5.75 Å². The number of esters is 1. The van der Waals surface area contributed by atoms with Crippen LogP contribution in [0.25, 0.3) is 0 Å². The molecule has 170 valence electrons. The van der Waals surface area contributed by atoms with Gasteiger partial charge in [0, 0.05) is 0 Å². The number of carbonyl (C=O) groups is 1. The van der Waals surface area contributed by atoms with Gasteiger partial charge < -0.3 is 4.74 Å². The van der Waals surface area contributed by atoms with E-state index in [4.69, 9.17) is 4.74 Å². The van der Waals surface area contributed by atoms with Crippen molar-refractivity contribution in [2.45, 2.75) is 90.9 Å². The van der Waals surface area contributed by atoms with Gasteiger partial charge in [0.2, 0.25) is 0 Å². The third kappa shape index (κ3) is 7.26. The molecule has 0 bridgehead atoms. The van der Waals surface area contributed by atoms with Crippen LogP contribution in [0, 0.1) is 29.6 Å². The minimum atomic E-state index is -0.0789. The lowest BCUT2D eigenvalue weighted by molar-refractivity contribution is -0.140. The first-order chi connectivity index (χ1) is 15.1. The van der Waals surface area contributed by atoms with Crippen molar-refractivity contribution in [1.29, 1.82) is 0 Å². The molecule has 1 aromatic carbocycles. The Kier molecular flexibility index (Phi) is 9.74. The van der Waals surface area contributed by atoms with E-state index in [1.165, 1.54) is 64.2 Å². The van der Waals surface area contributed by atoms with E-state index in [1.54, 1.807) is 24.3 Å². The maximum atomic E-state index is 12.6. The van der Waals surface area contributed by atoms with Gasteiger partial charge in [0.15, 0.2) is 0 Å². The van der Waals surface area contributed by atoms with Crippen LogP contribution in [0.2, 0.25) is 0 Å². The third-order valence-corrected chi connectivity index (χ3v) is 8.02. The van der Waals surface area contributed by atoms with Gasteiger partial charge in [0.25, 0.3) is 0 Å². The molecule has 1 atom stereocenters. The minimum absolute atomic E-state index is 0.0384. The number of ether oxygens (including phenoxy) is 1. The van der Waals surface area contributed by atoms with E-state index < -0.39 is 0 Å². The zero-order chi connectivity index (χ0) is 22.1. The van der Waals surface area contributed by atoms with E-state index >= 15 is 0 Å². The molecule has 0 amide bonds. The number of unbranched alkanes of at least 4 members (excludes halogenated alkanes) is 2. The zero-order valence-corrected chi connectivity index (χ0v) is 20.2. The molecule has 3 rings (SSSR count). The van der Waals surface area contributed by atoms with Gasteiger partial charge in [-0.3, -0.25) is 4.79 Å². The van der Waals surface area contributed by atoms with Crippen LogP contribution in [0.15, 0.2) is 29.3 Å². The highest BCUT2D eigenvalue weighted by Crippen LogP contribution is 2.43. The largest absolute Gasteiger partial charge is 0.426 e. The fraction of sp³-hybridized carbons (Fsp3) is 0.704. The van der Waals surface area contributed by atoms with Gasteiger partial charge in [-0.1, -0.05) is 52.4 Å². The number of rotatable bonds is 9. The topological polar surface area (TPSA) is 38.7 Å². The van der Waals surface area contributed by atoms with Crippen molar-refractivity contribution in [3.63, 3.8) is 0 Å². The van der Waals surface area contributed by atoms with Gasteiger partial charge in [-0.15, -0.1) is 0 Å². The summed E-state index contributed by atoms with van der Waals surface area (Å²) in [6, 6.07) is 7.13. The van der Waals surface area contributed by atoms with Crippen LogP contribution in [-0.4, -0.2) is 11.1 Å². The molecule has 1 unspecified atom stereocenters. The van der Waals surface area contributed by atoms with Gasteiger partial charge in [-0.05, 0) is 98.7 Å². The summed E-state index contributed by atoms with van der Waals surface area (Å²) in [7, 11) is 0. The number of thiocarbonyl (C=S) groups is 1. The summed E-state index contributed by atoms with van der Waals surface area (Å²) >= 11 is 4.61.